The van der Waals surface area contributed by atoms with Gasteiger partial charge in [0.2, 0.25) is 0 Å². The second-order valence-corrected chi connectivity index (χ2v) is 27.6. The van der Waals surface area contributed by atoms with Crippen LogP contribution in [0.3, 0.4) is 0 Å². The van der Waals surface area contributed by atoms with Crippen LogP contribution in [0.1, 0.15) is 184 Å². The van der Waals surface area contributed by atoms with Crippen LogP contribution in [0.25, 0.3) is 62.0 Å². The molecule has 0 radical (unpaired) electrons. The van der Waals surface area contributed by atoms with E-state index in [0.717, 1.165) is 84.4 Å². The van der Waals surface area contributed by atoms with Gasteiger partial charge in [0.15, 0.2) is 5.82 Å². The Morgan fingerprint density at radius 2 is 0.920 bits per heavy atom. The number of aromatic hydroxyl groups is 1. The molecule has 0 unspecified atom stereocenters. The molecule has 75 heavy (non-hydrogen) atoms. The van der Waals surface area contributed by atoms with Gasteiger partial charge in [0, 0.05) is 45.3 Å². The predicted octanol–water partition coefficient (Wildman–Crippen LogP) is 17.6. The van der Waals surface area contributed by atoms with Gasteiger partial charge < -0.3 is 5.11 Å². The minimum Gasteiger partial charge on any atom is -0.507 e. The summed E-state index contributed by atoms with van der Waals surface area (Å²) in [5.41, 5.74) is 13.5. The minimum absolute atomic E-state index is 0.146. The molecule has 0 spiro atoms. The monoisotopic (exact) mass is 999 g/mol. The number of hydrogen-bond acceptors (Lipinski definition) is 6. The van der Waals surface area contributed by atoms with E-state index in [1.54, 1.807) is 0 Å². The van der Waals surface area contributed by atoms with E-state index in [4.69, 9.17) is 24.9 Å². The van der Waals surface area contributed by atoms with Crippen molar-refractivity contribution in [1.29, 1.82) is 0 Å². The van der Waals surface area contributed by atoms with Crippen LogP contribution < -0.4 is 0 Å². The summed E-state index contributed by atoms with van der Waals surface area (Å²) < 4.78 is 2.25. The first-order chi connectivity index (χ1) is 34.6. The number of rotatable bonds is 8. The van der Waals surface area contributed by atoms with E-state index in [1.165, 1.54) is 5.56 Å². The number of aromatic nitrogens is 6. The van der Waals surface area contributed by atoms with Gasteiger partial charge in [-0.05, 0) is 109 Å². The van der Waals surface area contributed by atoms with Gasteiger partial charge in [0.25, 0.3) is 0 Å². The fourth-order valence-corrected chi connectivity index (χ4v) is 9.49. The lowest BCUT2D eigenvalue weighted by Crippen LogP contribution is -2.24. The molecule has 1 N–H and O–H groups in total. The maximum Gasteiger partial charge on any atom is 0.163 e. The molecular formula is C68H82N6O. The zero-order chi connectivity index (χ0) is 55.0. The van der Waals surface area contributed by atoms with Gasteiger partial charge in [-0.3, -0.25) is 9.55 Å². The SMILES string of the molecule is CC(C)(C)c1cc(-c2cc(-c3ccccc3)ccn2)cc(C(C)(C)c2cn(-c3ccc(-c4ccc(-c5nc(C(C)(C)C)nc(C(C)(C)C)n5)cc4)cc3C(C)(C)C)c(-c3cc(C(C)(C)C)cc(C(C)(C)C)c3O)n2)c1. The number of phenolic OH excluding ortho intramolecular Hbond substituents is 1. The average Bonchev–Trinajstić information content (AvgIpc) is 3.78. The number of nitrogens with zero attached hydrogens (tertiary/aromatic N) is 6. The second kappa shape index (κ2) is 19.1. The Balaban J connectivity index is 1.33. The molecule has 8 rings (SSSR count). The maximum atomic E-state index is 12.6. The fourth-order valence-electron chi connectivity index (χ4n) is 9.49. The summed E-state index contributed by atoms with van der Waals surface area (Å²) in [6.07, 6.45) is 4.14. The molecule has 3 aromatic heterocycles. The summed E-state index contributed by atoms with van der Waals surface area (Å²) in [5, 5.41) is 12.6. The first-order valence-electron chi connectivity index (χ1n) is 26.8. The zero-order valence-electron chi connectivity index (χ0n) is 48.8. The van der Waals surface area contributed by atoms with Gasteiger partial charge in [-0.25, -0.2) is 19.9 Å². The maximum absolute atomic E-state index is 12.6. The summed E-state index contributed by atoms with van der Waals surface area (Å²) in [6.45, 7) is 44.3. The quantitative estimate of drug-likeness (QED) is 0.163. The highest BCUT2D eigenvalue weighted by Gasteiger charge is 2.34. The normalized spacial score (nSPS) is 13.1. The number of phenols is 1. The predicted molar refractivity (Wildman–Crippen MR) is 314 cm³/mol. The molecule has 5 aromatic carbocycles. The van der Waals surface area contributed by atoms with Crippen LogP contribution in [-0.2, 0) is 37.9 Å². The molecule has 3 heterocycles. The molecule has 0 saturated heterocycles. The molecular weight excluding hydrogens is 917 g/mol. The number of imidazole rings is 1. The van der Waals surface area contributed by atoms with Crippen LogP contribution in [0.4, 0.5) is 0 Å². The summed E-state index contributed by atoms with van der Waals surface area (Å²) >= 11 is 0. The van der Waals surface area contributed by atoms with E-state index < -0.39 is 5.41 Å². The van der Waals surface area contributed by atoms with E-state index in [1.807, 2.05) is 6.20 Å². The topological polar surface area (TPSA) is 89.6 Å². The van der Waals surface area contributed by atoms with Gasteiger partial charge >= 0.3 is 0 Å². The first-order valence-corrected chi connectivity index (χ1v) is 26.8. The van der Waals surface area contributed by atoms with Crippen molar-refractivity contribution >= 4 is 0 Å². The molecule has 0 saturated carbocycles. The Morgan fingerprint density at radius 3 is 1.48 bits per heavy atom. The second-order valence-electron chi connectivity index (χ2n) is 27.6. The highest BCUT2D eigenvalue weighted by atomic mass is 16.3. The molecule has 7 heteroatoms. The standard InChI is InChI=1S/C68H82N6O/c1-62(2,3)48-34-47(54-37-46(32-33-69-54)42-24-22-21-23-25-42)35-50(38-48)68(19,20)56-41-74(59(70-56)51-39-49(63(4,5)6)40-53(57(51)75)65(10,11)12)55-31-30-45(36-52(55)64(7,8)9)43-26-28-44(29-27-43)58-71-60(66(13,14)15)73-61(72-58)67(16,17)18/h21-41,75H,1-20H3. The molecule has 8 aromatic rings. The van der Waals surface area contributed by atoms with Gasteiger partial charge in [-0.2, -0.15) is 0 Å². The summed E-state index contributed by atoms with van der Waals surface area (Å²) in [5.74, 6) is 3.21. The van der Waals surface area contributed by atoms with Crippen LogP contribution in [-0.4, -0.2) is 34.6 Å². The highest BCUT2D eigenvalue weighted by Crippen LogP contribution is 2.46. The molecule has 0 bridgehead atoms. The third-order valence-corrected chi connectivity index (χ3v) is 14.6. The zero-order valence-corrected chi connectivity index (χ0v) is 48.8. The van der Waals surface area contributed by atoms with Gasteiger partial charge in [0.05, 0.1) is 22.6 Å². The lowest BCUT2D eigenvalue weighted by atomic mass is 9.76. The van der Waals surface area contributed by atoms with Crippen molar-refractivity contribution in [3.8, 4) is 67.7 Å². The lowest BCUT2D eigenvalue weighted by molar-refractivity contribution is 0.446. The minimum atomic E-state index is -0.597. The molecule has 0 amide bonds. The highest BCUT2D eigenvalue weighted by molar-refractivity contribution is 5.76. The van der Waals surface area contributed by atoms with E-state index >= 15 is 0 Å². The van der Waals surface area contributed by atoms with Crippen LogP contribution >= 0.6 is 0 Å². The van der Waals surface area contributed by atoms with Crippen LogP contribution in [0.2, 0.25) is 0 Å². The third kappa shape index (κ3) is 11.4. The Kier molecular flexibility index (Phi) is 13.9. The van der Waals surface area contributed by atoms with Crippen molar-refractivity contribution in [3.05, 3.63) is 173 Å². The molecule has 0 aliphatic carbocycles. The smallest absolute Gasteiger partial charge is 0.163 e. The van der Waals surface area contributed by atoms with E-state index in [0.29, 0.717) is 17.2 Å². The van der Waals surface area contributed by atoms with Crippen molar-refractivity contribution in [3.63, 3.8) is 0 Å². The molecule has 0 aliphatic rings. The fraction of sp³-hybridized carbons (Fsp3) is 0.397. The van der Waals surface area contributed by atoms with E-state index in [9.17, 15) is 5.11 Å². The summed E-state index contributed by atoms with van der Waals surface area (Å²) in [4.78, 5) is 25.6. The van der Waals surface area contributed by atoms with Crippen molar-refractivity contribution < 1.29 is 5.11 Å². The molecule has 7 nitrogen and oxygen atoms in total. The van der Waals surface area contributed by atoms with Gasteiger partial charge in [-0.1, -0.05) is 211 Å². The Morgan fingerprint density at radius 1 is 0.400 bits per heavy atom. The molecule has 0 fully saturated rings. The number of hydrogen-bond donors (Lipinski definition) is 1. The van der Waals surface area contributed by atoms with Crippen LogP contribution in [0.5, 0.6) is 5.75 Å². The number of benzene rings is 5. The van der Waals surface area contributed by atoms with Gasteiger partial charge in [0.1, 0.15) is 23.2 Å². The van der Waals surface area contributed by atoms with Crippen molar-refractivity contribution in [2.24, 2.45) is 0 Å². The largest absolute Gasteiger partial charge is 0.507 e. The first kappa shape index (κ1) is 54.5. The molecule has 0 aliphatic heterocycles. The van der Waals surface area contributed by atoms with Crippen molar-refractivity contribution in [2.45, 2.75) is 176 Å². The Bertz CT molecular complexity index is 3360. The third-order valence-electron chi connectivity index (χ3n) is 14.6. The van der Waals surface area contributed by atoms with Gasteiger partial charge in [-0.15, -0.1) is 0 Å². The Hall–Kier alpha value is -6.73. The van der Waals surface area contributed by atoms with E-state index in [-0.39, 0.29) is 38.2 Å². The average molecular weight is 999 g/mol. The van der Waals surface area contributed by atoms with Crippen LogP contribution in [0.15, 0.2) is 128 Å². The van der Waals surface area contributed by atoms with E-state index in [2.05, 4.69) is 264 Å². The number of pyridine rings is 1. The summed E-state index contributed by atoms with van der Waals surface area (Å²) in [7, 11) is 0. The lowest BCUT2D eigenvalue weighted by Gasteiger charge is -2.28. The molecule has 390 valence electrons. The van der Waals surface area contributed by atoms with Crippen LogP contribution in [0, 0.1) is 0 Å². The Labute approximate surface area is 449 Å². The molecule has 0 atom stereocenters. The van der Waals surface area contributed by atoms with Crippen molar-refractivity contribution in [1.82, 2.24) is 29.5 Å². The summed E-state index contributed by atoms with van der Waals surface area (Å²) in [6, 6.07) is 41.5. The van der Waals surface area contributed by atoms with Crippen molar-refractivity contribution in [2.75, 3.05) is 0 Å².